The number of aryl methyl sites for hydroxylation is 2. The van der Waals surface area contributed by atoms with Crippen molar-refractivity contribution >= 4 is 11.8 Å². The number of aromatic nitrogens is 1. The second-order valence-corrected chi connectivity index (χ2v) is 4.37. The molecule has 0 aliphatic carbocycles. The molecular weight excluding hydrogens is 256 g/mol. The van der Waals surface area contributed by atoms with Crippen LogP contribution in [0.3, 0.4) is 0 Å². The summed E-state index contributed by atoms with van der Waals surface area (Å²) in [7, 11) is 1.78. The molecule has 0 saturated heterocycles. The van der Waals surface area contributed by atoms with Gasteiger partial charge in [0.25, 0.3) is 5.91 Å². The highest BCUT2D eigenvalue weighted by Gasteiger charge is 2.19. The van der Waals surface area contributed by atoms with Crippen molar-refractivity contribution in [3.05, 3.63) is 23.5 Å². The van der Waals surface area contributed by atoms with Crippen molar-refractivity contribution in [2.75, 3.05) is 6.54 Å². The van der Waals surface area contributed by atoms with Gasteiger partial charge in [-0.1, -0.05) is 13.8 Å². The van der Waals surface area contributed by atoms with Gasteiger partial charge in [-0.25, -0.2) is 0 Å². The Morgan fingerprint density at radius 3 is 2.40 bits per heavy atom. The Labute approximate surface area is 120 Å². The molecule has 0 aromatic carbocycles. The lowest BCUT2D eigenvalue weighted by atomic mass is 10.1. The minimum absolute atomic E-state index is 0.300. The van der Waals surface area contributed by atoms with Gasteiger partial charge in [-0.3, -0.25) is 9.59 Å². The predicted octanol–water partition coefficient (Wildman–Crippen LogP) is 0.682. The predicted molar refractivity (Wildman–Crippen MR) is 80.2 cm³/mol. The van der Waals surface area contributed by atoms with Crippen molar-refractivity contribution in [2.45, 2.75) is 39.7 Å². The normalized spacial score (nSPS) is 11.2. The van der Waals surface area contributed by atoms with E-state index in [0.717, 1.165) is 5.56 Å². The quantitative estimate of drug-likeness (QED) is 0.715. The Kier molecular flexibility index (Phi) is 8.31. The monoisotopic (exact) mass is 282 g/mol. The molecule has 0 radical (unpaired) electrons. The molecule has 0 spiro atoms. The largest absolute Gasteiger partial charge is 0.368 e. The number of amides is 2. The molecule has 1 atom stereocenters. The van der Waals surface area contributed by atoms with Crippen molar-refractivity contribution in [2.24, 2.45) is 18.5 Å². The topological polar surface area (TPSA) is 103 Å². The summed E-state index contributed by atoms with van der Waals surface area (Å²) in [6, 6.07) is 1.09. The zero-order chi connectivity index (χ0) is 15.7. The summed E-state index contributed by atoms with van der Waals surface area (Å²) >= 11 is 0. The van der Waals surface area contributed by atoms with E-state index in [4.69, 9.17) is 11.5 Å². The average Bonchev–Trinajstić information content (AvgIpc) is 2.75. The van der Waals surface area contributed by atoms with Crippen LogP contribution in [0.25, 0.3) is 0 Å². The smallest absolute Gasteiger partial charge is 0.268 e. The minimum atomic E-state index is -0.670. The highest BCUT2D eigenvalue weighted by Crippen LogP contribution is 2.06. The average molecular weight is 282 g/mol. The van der Waals surface area contributed by atoms with Gasteiger partial charge in [0.15, 0.2) is 0 Å². The van der Waals surface area contributed by atoms with E-state index in [1.165, 1.54) is 0 Å². The van der Waals surface area contributed by atoms with E-state index in [1.807, 2.05) is 27.0 Å². The van der Waals surface area contributed by atoms with Crippen molar-refractivity contribution in [1.82, 2.24) is 9.88 Å². The molecule has 0 fully saturated rings. The van der Waals surface area contributed by atoms with Crippen LogP contribution in [-0.2, 0) is 11.8 Å². The standard InChI is InChI=1S/C12H20N4O2.C2H6/c1-8-6-10(16(2)7-8)12(18)15-9(11(14)17)4-3-5-13;1-2/h6-7,9H,3-5,13H2,1-2H3,(H2,14,17)(H,15,18);1-2H3. The number of rotatable bonds is 6. The van der Waals surface area contributed by atoms with Gasteiger partial charge in [0.05, 0.1) is 0 Å². The van der Waals surface area contributed by atoms with E-state index < -0.39 is 11.9 Å². The first kappa shape index (κ1) is 18.2. The number of carbonyl (C=O) groups is 2. The molecule has 0 saturated carbocycles. The van der Waals surface area contributed by atoms with Crippen LogP contribution >= 0.6 is 0 Å². The molecule has 0 aliphatic rings. The fourth-order valence-electron chi connectivity index (χ4n) is 1.80. The summed E-state index contributed by atoms with van der Waals surface area (Å²) < 4.78 is 1.71. The van der Waals surface area contributed by atoms with E-state index in [9.17, 15) is 9.59 Å². The molecule has 1 unspecified atom stereocenters. The highest BCUT2D eigenvalue weighted by atomic mass is 16.2. The molecule has 0 bridgehead atoms. The number of hydrogen-bond acceptors (Lipinski definition) is 3. The molecule has 6 nitrogen and oxygen atoms in total. The highest BCUT2D eigenvalue weighted by molar-refractivity contribution is 5.96. The van der Waals surface area contributed by atoms with Crippen molar-refractivity contribution in [3.63, 3.8) is 0 Å². The van der Waals surface area contributed by atoms with Gasteiger partial charge >= 0.3 is 0 Å². The van der Waals surface area contributed by atoms with E-state index in [-0.39, 0.29) is 5.91 Å². The molecule has 6 heteroatoms. The fraction of sp³-hybridized carbons (Fsp3) is 0.571. The van der Waals surface area contributed by atoms with Crippen LogP contribution in [0.5, 0.6) is 0 Å². The van der Waals surface area contributed by atoms with E-state index in [2.05, 4.69) is 5.32 Å². The summed E-state index contributed by atoms with van der Waals surface area (Å²) in [6.07, 6.45) is 2.94. The fourth-order valence-corrected chi connectivity index (χ4v) is 1.80. The Morgan fingerprint density at radius 1 is 1.40 bits per heavy atom. The summed E-state index contributed by atoms with van der Waals surface area (Å²) in [5.74, 6) is -0.839. The van der Waals surface area contributed by atoms with Crippen molar-refractivity contribution in [3.8, 4) is 0 Å². The number of primary amides is 1. The minimum Gasteiger partial charge on any atom is -0.368 e. The van der Waals surface area contributed by atoms with Gasteiger partial charge in [0.2, 0.25) is 5.91 Å². The SMILES string of the molecule is CC.Cc1cc(C(=O)NC(CCCN)C(N)=O)n(C)c1. The Balaban J connectivity index is 0.00000172. The molecule has 0 aliphatic heterocycles. The molecule has 1 rings (SSSR count). The van der Waals surface area contributed by atoms with Gasteiger partial charge in [-0.2, -0.15) is 0 Å². The van der Waals surface area contributed by atoms with Crippen LogP contribution < -0.4 is 16.8 Å². The van der Waals surface area contributed by atoms with Gasteiger partial charge in [0, 0.05) is 13.2 Å². The van der Waals surface area contributed by atoms with E-state index in [0.29, 0.717) is 25.1 Å². The van der Waals surface area contributed by atoms with Gasteiger partial charge in [-0.15, -0.1) is 0 Å². The van der Waals surface area contributed by atoms with Crippen molar-refractivity contribution < 1.29 is 9.59 Å². The molecule has 1 heterocycles. The number of nitrogens with two attached hydrogens (primary N) is 2. The van der Waals surface area contributed by atoms with E-state index >= 15 is 0 Å². The number of nitrogens with zero attached hydrogens (tertiary/aromatic N) is 1. The first-order chi connectivity index (χ1) is 9.45. The van der Waals surface area contributed by atoms with Crippen LogP contribution in [-0.4, -0.2) is 29.0 Å². The summed E-state index contributed by atoms with van der Waals surface area (Å²) in [5.41, 5.74) is 12.1. The lowest BCUT2D eigenvalue weighted by Crippen LogP contribution is -2.45. The second-order valence-electron chi connectivity index (χ2n) is 4.37. The molecule has 2 amide bonds. The van der Waals surface area contributed by atoms with Gasteiger partial charge in [0.1, 0.15) is 11.7 Å². The van der Waals surface area contributed by atoms with Crippen LogP contribution in [0.2, 0.25) is 0 Å². The lowest BCUT2D eigenvalue weighted by Gasteiger charge is -2.15. The third kappa shape index (κ3) is 5.44. The Bertz CT molecular complexity index is 440. The number of nitrogens with one attached hydrogen (secondary N) is 1. The van der Waals surface area contributed by atoms with Crippen LogP contribution in [0.4, 0.5) is 0 Å². The summed E-state index contributed by atoms with van der Waals surface area (Å²) in [6.45, 7) is 6.36. The van der Waals surface area contributed by atoms with Gasteiger partial charge < -0.3 is 21.4 Å². The zero-order valence-corrected chi connectivity index (χ0v) is 12.8. The maximum atomic E-state index is 12.0. The summed E-state index contributed by atoms with van der Waals surface area (Å²) in [4.78, 5) is 23.2. The Hall–Kier alpha value is -1.82. The van der Waals surface area contributed by atoms with Crippen LogP contribution in [0.1, 0.15) is 42.7 Å². The molecular formula is C14H26N4O2. The lowest BCUT2D eigenvalue weighted by molar-refractivity contribution is -0.120. The Morgan fingerprint density at radius 2 is 2.00 bits per heavy atom. The van der Waals surface area contributed by atoms with E-state index in [1.54, 1.807) is 17.7 Å². The zero-order valence-electron chi connectivity index (χ0n) is 12.8. The molecule has 1 aromatic heterocycles. The third-order valence-corrected chi connectivity index (χ3v) is 2.72. The van der Waals surface area contributed by atoms with Gasteiger partial charge in [-0.05, 0) is 37.9 Å². The maximum Gasteiger partial charge on any atom is 0.268 e. The molecule has 114 valence electrons. The molecule has 1 aromatic rings. The first-order valence-electron chi connectivity index (χ1n) is 6.89. The van der Waals surface area contributed by atoms with Crippen LogP contribution in [0.15, 0.2) is 12.3 Å². The molecule has 5 N–H and O–H groups in total. The van der Waals surface area contributed by atoms with Crippen molar-refractivity contribution in [1.29, 1.82) is 0 Å². The number of hydrogen-bond donors (Lipinski definition) is 3. The third-order valence-electron chi connectivity index (χ3n) is 2.72. The number of carbonyl (C=O) groups excluding carboxylic acids is 2. The first-order valence-corrected chi connectivity index (χ1v) is 6.89. The maximum absolute atomic E-state index is 12.0. The summed E-state index contributed by atoms with van der Waals surface area (Å²) in [5, 5.41) is 2.63. The second kappa shape index (κ2) is 9.14. The van der Waals surface area contributed by atoms with Crippen LogP contribution in [0, 0.1) is 6.92 Å². The molecule has 20 heavy (non-hydrogen) atoms.